The van der Waals surface area contributed by atoms with E-state index in [4.69, 9.17) is 23.2 Å². The molecule has 3 aliphatic heterocycles. The number of aliphatic hydroxyl groups is 1. The van der Waals surface area contributed by atoms with Crippen LogP contribution in [0.3, 0.4) is 0 Å². The van der Waals surface area contributed by atoms with Gasteiger partial charge in [0.15, 0.2) is 0 Å². The molecule has 1 aliphatic carbocycles. The third-order valence-electron chi connectivity index (χ3n) is 7.97. The Morgan fingerprint density at radius 1 is 1.19 bits per heavy atom. The number of piperidine rings is 2. The lowest BCUT2D eigenvalue weighted by molar-refractivity contribution is -0.140. The highest BCUT2D eigenvalue weighted by atomic mass is 35.5. The highest BCUT2D eigenvalue weighted by Gasteiger charge is 2.58. The zero-order valence-electron chi connectivity index (χ0n) is 16.3. The average molecular weight is 418 g/mol. The van der Waals surface area contributed by atoms with E-state index in [1.54, 1.807) is 0 Å². The molecule has 0 aromatic rings. The van der Waals surface area contributed by atoms with Crippen molar-refractivity contribution in [1.29, 1.82) is 0 Å². The van der Waals surface area contributed by atoms with E-state index in [9.17, 15) is 9.90 Å². The van der Waals surface area contributed by atoms with E-state index >= 15 is 0 Å². The monoisotopic (exact) mass is 417 g/mol. The van der Waals surface area contributed by atoms with Gasteiger partial charge in [-0.1, -0.05) is 0 Å². The first-order valence-corrected chi connectivity index (χ1v) is 11.5. The maximum absolute atomic E-state index is 12.3. The van der Waals surface area contributed by atoms with E-state index in [2.05, 4.69) is 24.5 Å². The molecule has 4 fully saturated rings. The zero-order chi connectivity index (χ0) is 19.3. The maximum atomic E-state index is 12.3. The van der Waals surface area contributed by atoms with E-state index in [1.807, 2.05) is 4.90 Å². The molecular formula is C20H33Cl2N3O2. The van der Waals surface area contributed by atoms with Crippen molar-refractivity contribution in [3.63, 3.8) is 0 Å². The molecule has 3 saturated heterocycles. The van der Waals surface area contributed by atoms with Gasteiger partial charge in [0.2, 0.25) is 5.91 Å². The molecule has 0 spiro atoms. The van der Waals surface area contributed by atoms with Crippen molar-refractivity contribution < 1.29 is 9.90 Å². The van der Waals surface area contributed by atoms with E-state index in [1.165, 1.54) is 12.8 Å². The smallest absolute Gasteiger partial charge is 0.248 e. The average Bonchev–Trinajstić information content (AvgIpc) is 3.06. The lowest BCUT2D eigenvalue weighted by atomic mass is 9.61. The summed E-state index contributed by atoms with van der Waals surface area (Å²) in [7, 11) is 0. The number of aliphatic hydroxyl groups excluding tert-OH is 1. The maximum Gasteiger partial charge on any atom is 0.248 e. The minimum Gasteiger partial charge on any atom is -0.387 e. The Kier molecular flexibility index (Phi) is 5.98. The number of carbonyl (C=O) groups is 1. The summed E-state index contributed by atoms with van der Waals surface area (Å²) in [6.07, 6.45) is 4.34. The molecule has 1 amide bonds. The molecule has 0 bridgehead atoms. The standard InChI is InChI=1S/C20H33Cl2N3O2/c1-10-12(4-3-6-23-10)13-8-14(21)19(22)20-18(13)17-11(2)25(16(27)9-26)7-5-15(17)24-20/h10-15,17-20,23-24,26H,3-9H2,1-2H3/t10?,11-,12?,13?,14?,15?,17?,18?,19?,20?/m0/s1. The summed E-state index contributed by atoms with van der Waals surface area (Å²) < 4.78 is 0. The summed E-state index contributed by atoms with van der Waals surface area (Å²) in [4.78, 5) is 14.2. The van der Waals surface area contributed by atoms with Gasteiger partial charge in [0.25, 0.3) is 0 Å². The third kappa shape index (κ3) is 3.42. The van der Waals surface area contributed by atoms with Crippen molar-refractivity contribution in [2.75, 3.05) is 19.7 Å². The largest absolute Gasteiger partial charge is 0.387 e. The number of amides is 1. The second-order valence-corrected chi connectivity index (χ2v) is 10.2. The van der Waals surface area contributed by atoms with E-state index in [0.29, 0.717) is 42.3 Å². The number of hydrogen-bond acceptors (Lipinski definition) is 4. The number of fused-ring (bicyclic) bond motifs is 3. The van der Waals surface area contributed by atoms with Crippen LogP contribution in [0, 0.1) is 23.7 Å². The molecule has 3 N–H and O–H groups in total. The number of nitrogens with zero attached hydrogens (tertiary/aromatic N) is 1. The van der Waals surface area contributed by atoms with Crippen LogP contribution in [-0.4, -0.2) is 70.5 Å². The normalized spacial score (nSPS) is 50.2. The molecule has 5 nitrogen and oxygen atoms in total. The zero-order valence-corrected chi connectivity index (χ0v) is 17.8. The summed E-state index contributed by atoms with van der Waals surface area (Å²) in [5, 5.41) is 16.8. The lowest BCUT2D eigenvalue weighted by Crippen LogP contribution is -2.57. The number of likely N-dealkylation sites (tertiary alicyclic amines) is 1. The molecule has 4 rings (SSSR count). The first kappa shape index (κ1) is 20.2. The number of nitrogens with one attached hydrogen (secondary N) is 2. The molecule has 1 saturated carbocycles. The Morgan fingerprint density at radius 3 is 2.67 bits per heavy atom. The molecular weight excluding hydrogens is 385 g/mol. The van der Waals surface area contributed by atoms with E-state index < -0.39 is 6.61 Å². The molecule has 0 aromatic heterocycles. The van der Waals surface area contributed by atoms with Crippen molar-refractivity contribution in [3.8, 4) is 0 Å². The number of hydrogen-bond donors (Lipinski definition) is 3. The van der Waals surface area contributed by atoms with Gasteiger partial charge in [0, 0.05) is 30.7 Å². The van der Waals surface area contributed by atoms with Crippen LogP contribution in [0.4, 0.5) is 0 Å². The number of carbonyl (C=O) groups excluding carboxylic acids is 1. The van der Waals surface area contributed by atoms with Gasteiger partial charge in [-0.05, 0) is 69.7 Å². The van der Waals surface area contributed by atoms with Gasteiger partial charge in [-0.15, -0.1) is 23.2 Å². The topological polar surface area (TPSA) is 64.6 Å². The van der Waals surface area contributed by atoms with Crippen LogP contribution in [-0.2, 0) is 4.79 Å². The van der Waals surface area contributed by atoms with Gasteiger partial charge < -0.3 is 20.6 Å². The Labute approximate surface area is 172 Å². The summed E-state index contributed by atoms with van der Waals surface area (Å²) in [5.74, 6) is 1.79. The first-order valence-electron chi connectivity index (χ1n) is 10.6. The summed E-state index contributed by atoms with van der Waals surface area (Å²) in [6, 6.07) is 1.21. The SMILES string of the molecule is CC1NCCCC1C1CC(Cl)C(Cl)C2NC3CCN(C(=O)CO)[C@@H](C)C3C12. The van der Waals surface area contributed by atoms with Crippen molar-refractivity contribution >= 4 is 29.1 Å². The number of rotatable bonds is 2. The number of alkyl halides is 2. The summed E-state index contributed by atoms with van der Waals surface area (Å²) in [5.41, 5.74) is 0. The van der Waals surface area contributed by atoms with Gasteiger partial charge in [-0.2, -0.15) is 0 Å². The van der Waals surface area contributed by atoms with Crippen molar-refractivity contribution in [2.45, 2.75) is 74.5 Å². The van der Waals surface area contributed by atoms with E-state index in [0.717, 1.165) is 19.4 Å². The Morgan fingerprint density at radius 2 is 1.96 bits per heavy atom. The highest BCUT2D eigenvalue weighted by molar-refractivity contribution is 6.30. The summed E-state index contributed by atoms with van der Waals surface area (Å²) in [6.45, 7) is 5.86. The molecule has 9 unspecified atom stereocenters. The van der Waals surface area contributed by atoms with Gasteiger partial charge in [0.05, 0.1) is 10.8 Å². The highest BCUT2D eigenvalue weighted by Crippen LogP contribution is 2.52. The van der Waals surface area contributed by atoms with Crippen molar-refractivity contribution in [1.82, 2.24) is 15.5 Å². The van der Waals surface area contributed by atoms with Crippen LogP contribution in [0.1, 0.15) is 39.5 Å². The quantitative estimate of drug-likeness (QED) is 0.599. The number of halogens is 2. The van der Waals surface area contributed by atoms with Crippen molar-refractivity contribution in [3.05, 3.63) is 0 Å². The first-order chi connectivity index (χ1) is 12.9. The third-order valence-corrected chi connectivity index (χ3v) is 9.12. The van der Waals surface area contributed by atoms with Crippen LogP contribution in [0.25, 0.3) is 0 Å². The minimum atomic E-state index is -0.405. The minimum absolute atomic E-state index is 0.00909. The molecule has 7 heteroatoms. The predicted molar refractivity (Wildman–Crippen MR) is 108 cm³/mol. The van der Waals surface area contributed by atoms with Gasteiger partial charge >= 0.3 is 0 Å². The fourth-order valence-corrected chi connectivity index (χ4v) is 7.49. The van der Waals surface area contributed by atoms with Crippen LogP contribution in [0.15, 0.2) is 0 Å². The molecule has 27 heavy (non-hydrogen) atoms. The molecule has 3 heterocycles. The Balaban J connectivity index is 1.65. The Hall–Kier alpha value is -0.0700. The van der Waals surface area contributed by atoms with Gasteiger partial charge in [-0.3, -0.25) is 4.79 Å². The van der Waals surface area contributed by atoms with Crippen LogP contribution in [0.5, 0.6) is 0 Å². The van der Waals surface area contributed by atoms with Crippen LogP contribution < -0.4 is 10.6 Å². The summed E-state index contributed by atoms with van der Waals surface area (Å²) >= 11 is 13.6. The predicted octanol–water partition coefficient (Wildman–Crippen LogP) is 1.80. The second-order valence-electron chi connectivity index (χ2n) is 9.14. The van der Waals surface area contributed by atoms with Gasteiger partial charge in [-0.25, -0.2) is 0 Å². The lowest BCUT2D eigenvalue weighted by Gasteiger charge is -2.50. The van der Waals surface area contributed by atoms with Crippen molar-refractivity contribution in [2.24, 2.45) is 23.7 Å². The molecule has 0 aromatic carbocycles. The Bertz CT molecular complexity index is 565. The van der Waals surface area contributed by atoms with E-state index in [-0.39, 0.29) is 28.7 Å². The second kappa shape index (κ2) is 7.98. The molecule has 0 radical (unpaired) electrons. The van der Waals surface area contributed by atoms with Gasteiger partial charge in [0.1, 0.15) is 6.61 Å². The van der Waals surface area contributed by atoms with Crippen LogP contribution >= 0.6 is 23.2 Å². The van der Waals surface area contributed by atoms with Crippen LogP contribution in [0.2, 0.25) is 0 Å². The molecule has 4 aliphatic rings. The fourth-order valence-electron chi connectivity index (χ4n) is 6.78. The molecule has 154 valence electrons. The molecule has 10 atom stereocenters. The fraction of sp³-hybridized carbons (Fsp3) is 0.950.